The zero-order valence-electron chi connectivity index (χ0n) is 22.6. The van der Waals surface area contributed by atoms with Gasteiger partial charge in [-0.2, -0.15) is 0 Å². The predicted molar refractivity (Wildman–Crippen MR) is 138 cm³/mol. The summed E-state index contributed by atoms with van der Waals surface area (Å²) in [5.74, 6) is -0.0134. The highest BCUT2D eigenvalue weighted by Gasteiger charge is 2.48. The molecule has 206 valence electrons. The minimum atomic E-state index is -1.46. The van der Waals surface area contributed by atoms with Gasteiger partial charge in [0.05, 0.1) is 0 Å². The van der Waals surface area contributed by atoms with Gasteiger partial charge in [0.1, 0.15) is 18.2 Å². The summed E-state index contributed by atoms with van der Waals surface area (Å²) in [6, 6.07) is -0.944. The largest absolute Gasteiger partial charge is 0.388 e. The van der Waals surface area contributed by atoms with Crippen molar-refractivity contribution in [2.24, 2.45) is 5.92 Å². The first kappa shape index (κ1) is 31.8. The van der Waals surface area contributed by atoms with E-state index in [4.69, 9.17) is 9.47 Å². The Labute approximate surface area is 212 Å². The van der Waals surface area contributed by atoms with Crippen LogP contribution in [0, 0.1) is 5.92 Å². The van der Waals surface area contributed by atoms with Crippen LogP contribution >= 0.6 is 0 Å². The third-order valence-electron chi connectivity index (χ3n) is 6.69. The Morgan fingerprint density at radius 1 is 0.886 bits per heavy atom. The molecular weight excluding hydrogens is 448 g/mol. The number of carbonyl (C=O) groups excluding carboxylic acids is 2. The van der Waals surface area contributed by atoms with Crippen LogP contribution in [0.5, 0.6) is 0 Å². The number of rotatable bonds is 19. The molecule has 8 nitrogen and oxygen atoms in total. The molecule has 0 aromatic heterocycles. The highest BCUT2D eigenvalue weighted by Crippen LogP contribution is 2.22. The van der Waals surface area contributed by atoms with Crippen molar-refractivity contribution in [3.05, 3.63) is 0 Å². The maximum absolute atomic E-state index is 12.6. The van der Waals surface area contributed by atoms with Gasteiger partial charge in [-0.05, 0) is 18.8 Å². The van der Waals surface area contributed by atoms with Crippen molar-refractivity contribution < 1.29 is 29.3 Å². The number of ether oxygens (including phenoxy) is 2. The Morgan fingerprint density at radius 2 is 1.49 bits per heavy atom. The second-order valence-corrected chi connectivity index (χ2v) is 10.3. The van der Waals surface area contributed by atoms with Crippen LogP contribution in [0.15, 0.2) is 0 Å². The number of aliphatic hydroxyl groups excluding tert-OH is 2. The Morgan fingerprint density at radius 3 is 2.11 bits per heavy atom. The van der Waals surface area contributed by atoms with Crippen molar-refractivity contribution in [1.82, 2.24) is 10.6 Å². The summed E-state index contributed by atoms with van der Waals surface area (Å²) in [5, 5.41) is 26.7. The average molecular weight is 501 g/mol. The lowest BCUT2D eigenvalue weighted by molar-refractivity contribution is -0.252. The molecule has 8 heteroatoms. The second-order valence-electron chi connectivity index (χ2n) is 10.3. The average Bonchev–Trinajstić information content (AvgIpc) is 2.83. The van der Waals surface area contributed by atoms with E-state index in [0.717, 1.165) is 44.9 Å². The lowest BCUT2D eigenvalue weighted by atomic mass is 9.95. The van der Waals surface area contributed by atoms with E-state index in [9.17, 15) is 19.8 Å². The van der Waals surface area contributed by atoms with E-state index in [1.807, 2.05) is 0 Å². The monoisotopic (exact) mass is 500 g/mol. The molecule has 1 rings (SSSR count). The molecule has 1 aliphatic heterocycles. The molecule has 1 saturated heterocycles. The zero-order valence-corrected chi connectivity index (χ0v) is 22.6. The van der Waals surface area contributed by atoms with Crippen molar-refractivity contribution in [3.63, 3.8) is 0 Å². The molecule has 0 aromatic carbocycles. The summed E-state index contributed by atoms with van der Waals surface area (Å²) in [5.41, 5.74) is 0. The van der Waals surface area contributed by atoms with Gasteiger partial charge in [-0.25, -0.2) is 0 Å². The summed E-state index contributed by atoms with van der Waals surface area (Å²) >= 11 is 0. The molecule has 1 aliphatic rings. The zero-order chi connectivity index (χ0) is 26.1. The number of aliphatic hydroxyl groups is 2. The van der Waals surface area contributed by atoms with Crippen LogP contribution in [-0.4, -0.2) is 66.3 Å². The van der Waals surface area contributed by atoms with Gasteiger partial charge in [-0.1, -0.05) is 91.4 Å². The highest BCUT2D eigenvalue weighted by molar-refractivity contribution is 5.82. The minimum absolute atomic E-state index is 0.228. The number of hydrogen-bond donors (Lipinski definition) is 4. The molecule has 0 spiro atoms. The first-order valence-electron chi connectivity index (χ1n) is 13.9. The molecule has 0 aliphatic carbocycles. The number of hydrogen-bond acceptors (Lipinski definition) is 6. The molecule has 5 unspecified atom stereocenters. The minimum Gasteiger partial charge on any atom is -0.388 e. The van der Waals surface area contributed by atoms with Crippen LogP contribution in [0.25, 0.3) is 0 Å². The van der Waals surface area contributed by atoms with Crippen molar-refractivity contribution in [2.75, 3.05) is 13.7 Å². The van der Waals surface area contributed by atoms with E-state index in [2.05, 4.69) is 31.4 Å². The quantitative estimate of drug-likeness (QED) is 0.200. The third kappa shape index (κ3) is 13.1. The number of methoxy groups -OCH3 is 1. The number of nitrogens with one attached hydrogen (secondary N) is 2. The first-order valence-corrected chi connectivity index (χ1v) is 13.9. The van der Waals surface area contributed by atoms with E-state index in [1.165, 1.54) is 45.6 Å². The molecule has 2 amide bonds. The standard InChI is InChI=1S/C27H52N2O6/c1-5-6-7-8-9-10-13-16-19-28-26(33)25-24(32)23(31)22(27(34-4)35-25)29-21(30)18-15-12-11-14-17-20(2)3/h20,22-25,27,31-32H,5-19H2,1-4H3,(H,28,33)(H,29,30). The van der Waals surface area contributed by atoms with E-state index in [1.54, 1.807) is 0 Å². The maximum Gasteiger partial charge on any atom is 0.252 e. The van der Waals surface area contributed by atoms with Crippen LogP contribution < -0.4 is 10.6 Å². The molecule has 0 saturated carbocycles. The normalized spacial score (nSPS) is 24.5. The summed E-state index contributed by atoms with van der Waals surface area (Å²) in [6.45, 7) is 7.11. The van der Waals surface area contributed by atoms with Crippen molar-refractivity contribution in [1.29, 1.82) is 0 Å². The van der Waals surface area contributed by atoms with Crippen LogP contribution in [0.4, 0.5) is 0 Å². The third-order valence-corrected chi connectivity index (χ3v) is 6.69. The molecule has 5 atom stereocenters. The van der Waals surface area contributed by atoms with Gasteiger partial charge in [0.15, 0.2) is 12.4 Å². The Balaban J connectivity index is 2.36. The van der Waals surface area contributed by atoms with Gasteiger partial charge < -0.3 is 30.3 Å². The molecular formula is C27H52N2O6. The molecule has 0 bridgehead atoms. The van der Waals surface area contributed by atoms with Crippen LogP contribution in [0.1, 0.15) is 111 Å². The van der Waals surface area contributed by atoms with Crippen LogP contribution in [-0.2, 0) is 19.1 Å². The molecule has 1 fully saturated rings. The van der Waals surface area contributed by atoms with Gasteiger partial charge in [-0.3, -0.25) is 9.59 Å². The Bertz CT molecular complexity index is 572. The van der Waals surface area contributed by atoms with E-state index in [0.29, 0.717) is 18.9 Å². The fourth-order valence-electron chi connectivity index (χ4n) is 4.46. The highest BCUT2D eigenvalue weighted by atomic mass is 16.7. The SMILES string of the molecule is CCCCCCCCCCNC(=O)C1OC(OC)C(NC(=O)CCCCCCC(C)C)C(O)C1O. The fourth-order valence-corrected chi connectivity index (χ4v) is 4.46. The van der Waals surface area contributed by atoms with Gasteiger partial charge in [-0.15, -0.1) is 0 Å². The Kier molecular flexibility index (Phi) is 17.2. The molecule has 0 aromatic rings. The summed E-state index contributed by atoms with van der Waals surface area (Å²) in [4.78, 5) is 25.0. The number of carbonyl (C=O) groups is 2. The number of amides is 2. The van der Waals surface area contributed by atoms with Crippen LogP contribution in [0.2, 0.25) is 0 Å². The van der Waals surface area contributed by atoms with E-state index >= 15 is 0 Å². The van der Waals surface area contributed by atoms with E-state index in [-0.39, 0.29) is 5.91 Å². The topological polar surface area (TPSA) is 117 Å². The fraction of sp³-hybridized carbons (Fsp3) is 0.926. The summed E-state index contributed by atoms with van der Waals surface area (Å²) in [6.07, 6.45) is 9.73. The Hall–Kier alpha value is -1.22. The molecule has 4 N–H and O–H groups in total. The summed E-state index contributed by atoms with van der Waals surface area (Å²) in [7, 11) is 1.39. The number of unbranched alkanes of at least 4 members (excludes halogenated alkanes) is 10. The lowest BCUT2D eigenvalue weighted by Crippen LogP contribution is -2.66. The van der Waals surface area contributed by atoms with Crippen molar-refractivity contribution in [2.45, 2.75) is 141 Å². The van der Waals surface area contributed by atoms with Gasteiger partial charge >= 0.3 is 0 Å². The molecule has 1 heterocycles. The second kappa shape index (κ2) is 19.0. The van der Waals surface area contributed by atoms with Gasteiger partial charge in [0.25, 0.3) is 5.91 Å². The molecule has 35 heavy (non-hydrogen) atoms. The van der Waals surface area contributed by atoms with Crippen molar-refractivity contribution in [3.8, 4) is 0 Å². The smallest absolute Gasteiger partial charge is 0.252 e. The molecule has 0 radical (unpaired) electrons. The summed E-state index contributed by atoms with van der Waals surface area (Å²) < 4.78 is 10.9. The van der Waals surface area contributed by atoms with Gasteiger partial charge in [0, 0.05) is 20.1 Å². The first-order chi connectivity index (χ1) is 16.8. The maximum atomic E-state index is 12.6. The lowest BCUT2D eigenvalue weighted by Gasteiger charge is -2.41. The van der Waals surface area contributed by atoms with Gasteiger partial charge in [0.2, 0.25) is 5.91 Å². The van der Waals surface area contributed by atoms with E-state index < -0.39 is 36.6 Å². The predicted octanol–water partition coefficient (Wildman–Crippen LogP) is 3.82. The van der Waals surface area contributed by atoms with Crippen LogP contribution in [0.3, 0.4) is 0 Å². The van der Waals surface area contributed by atoms with Crippen molar-refractivity contribution >= 4 is 11.8 Å².